The molecule has 3 aromatic rings. The molecule has 1 aromatic heterocycles. The molecule has 8 nitrogen and oxygen atoms in total. The maximum absolute atomic E-state index is 13.8. The van der Waals surface area contributed by atoms with Crippen LogP contribution in [0.15, 0.2) is 42.5 Å². The number of hydrogen-bond donors (Lipinski definition) is 3. The number of benzene rings is 2. The number of carbonyl (C=O) groups excluding carboxylic acids is 3. The molecule has 3 N–H and O–H groups in total. The number of likely N-dealkylation sites (tertiary alicyclic amines) is 2. The van der Waals surface area contributed by atoms with Gasteiger partial charge in [-0.1, -0.05) is 12.1 Å². The molecule has 9 heteroatoms. The minimum atomic E-state index is -0.334. The monoisotopic (exact) mass is 583 g/mol. The molecule has 0 saturated carbocycles. The summed E-state index contributed by atoms with van der Waals surface area (Å²) in [6.45, 7) is 9.57. The molecule has 2 fully saturated rings. The maximum atomic E-state index is 13.8. The number of aryl methyl sites for hydroxylation is 1. The van der Waals surface area contributed by atoms with E-state index in [4.69, 9.17) is 0 Å². The lowest BCUT2D eigenvalue weighted by atomic mass is 10.0. The number of fused-ring (bicyclic) bond motifs is 1. The Hall–Kier alpha value is -4.24. The Bertz CT molecular complexity index is 1600. The van der Waals surface area contributed by atoms with Crippen molar-refractivity contribution in [2.45, 2.75) is 58.5 Å². The van der Waals surface area contributed by atoms with Gasteiger partial charge in [-0.25, -0.2) is 4.39 Å². The Morgan fingerprint density at radius 3 is 2.56 bits per heavy atom. The van der Waals surface area contributed by atoms with Crippen LogP contribution in [0.3, 0.4) is 0 Å². The number of halogens is 1. The third-order valence-electron chi connectivity index (χ3n) is 9.07. The molecule has 2 saturated heterocycles. The molecule has 224 valence electrons. The first-order chi connectivity index (χ1) is 20.7. The highest BCUT2D eigenvalue weighted by atomic mass is 19.1. The van der Waals surface area contributed by atoms with Crippen LogP contribution < -0.4 is 10.6 Å². The number of rotatable bonds is 7. The summed E-state index contributed by atoms with van der Waals surface area (Å²) in [6.07, 6.45) is 6.27. The number of hydrogen-bond acceptors (Lipinski definition) is 4. The Balaban J connectivity index is 1.23. The van der Waals surface area contributed by atoms with E-state index in [9.17, 15) is 18.8 Å². The number of anilines is 1. The second-order valence-electron chi connectivity index (χ2n) is 12.0. The third kappa shape index (κ3) is 5.73. The van der Waals surface area contributed by atoms with E-state index >= 15 is 0 Å². The zero-order chi connectivity index (χ0) is 30.2. The molecular weight excluding hydrogens is 545 g/mol. The highest BCUT2D eigenvalue weighted by molar-refractivity contribution is 6.35. The Morgan fingerprint density at radius 1 is 1.07 bits per heavy atom. The zero-order valence-corrected chi connectivity index (χ0v) is 24.9. The predicted octanol–water partition coefficient (Wildman–Crippen LogP) is 5.45. The van der Waals surface area contributed by atoms with E-state index in [1.165, 1.54) is 25.0 Å². The van der Waals surface area contributed by atoms with Crippen LogP contribution in [0.4, 0.5) is 10.1 Å². The van der Waals surface area contributed by atoms with Crippen molar-refractivity contribution < 1.29 is 18.8 Å². The summed E-state index contributed by atoms with van der Waals surface area (Å²) in [5.41, 5.74) is 5.82. The van der Waals surface area contributed by atoms with Crippen molar-refractivity contribution in [2.75, 3.05) is 31.5 Å². The minimum absolute atomic E-state index is 0.0445. The maximum Gasteiger partial charge on any atom is 0.256 e. The Kier molecular flexibility index (Phi) is 7.92. The number of nitrogens with one attached hydrogen (secondary N) is 3. The van der Waals surface area contributed by atoms with Crippen molar-refractivity contribution in [1.29, 1.82) is 0 Å². The number of aromatic amines is 1. The SMILES string of the molecule is Cc1[nH]c(/C=C2\C(=O)Nc3ccc(C(=O)N[C@@H](C)c4ccc(F)cc4)cc32)c(C)c1C(=O)N1CCC[C@@H]1CN1CCCC1. The van der Waals surface area contributed by atoms with Crippen molar-refractivity contribution in [3.05, 3.63) is 87.5 Å². The lowest BCUT2D eigenvalue weighted by Gasteiger charge is -2.28. The molecule has 2 aromatic carbocycles. The second-order valence-corrected chi connectivity index (χ2v) is 12.0. The summed E-state index contributed by atoms with van der Waals surface area (Å²) in [5, 5.41) is 5.83. The zero-order valence-electron chi connectivity index (χ0n) is 24.9. The van der Waals surface area contributed by atoms with Crippen LogP contribution in [0.1, 0.15) is 87.4 Å². The molecule has 4 heterocycles. The summed E-state index contributed by atoms with van der Waals surface area (Å²) >= 11 is 0. The van der Waals surface area contributed by atoms with Crippen molar-refractivity contribution in [1.82, 2.24) is 20.1 Å². The van der Waals surface area contributed by atoms with Gasteiger partial charge in [0, 0.05) is 47.3 Å². The van der Waals surface area contributed by atoms with Crippen molar-refractivity contribution in [3.63, 3.8) is 0 Å². The number of amides is 3. The van der Waals surface area contributed by atoms with E-state index in [0.29, 0.717) is 33.6 Å². The molecule has 43 heavy (non-hydrogen) atoms. The van der Waals surface area contributed by atoms with Gasteiger partial charge >= 0.3 is 0 Å². The molecule has 6 rings (SSSR count). The van der Waals surface area contributed by atoms with Crippen LogP contribution in [-0.2, 0) is 4.79 Å². The van der Waals surface area contributed by atoms with Gasteiger partial charge in [0.15, 0.2) is 0 Å². The van der Waals surface area contributed by atoms with Crippen LogP contribution >= 0.6 is 0 Å². The van der Waals surface area contributed by atoms with Gasteiger partial charge in [-0.15, -0.1) is 0 Å². The molecule has 0 bridgehead atoms. The van der Waals surface area contributed by atoms with Crippen molar-refractivity contribution >= 4 is 35.1 Å². The third-order valence-corrected chi connectivity index (χ3v) is 9.07. The number of aromatic nitrogens is 1. The fourth-order valence-electron chi connectivity index (χ4n) is 6.67. The van der Waals surface area contributed by atoms with E-state index in [1.54, 1.807) is 36.4 Å². The first-order valence-corrected chi connectivity index (χ1v) is 15.2. The first kappa shape index (κ1) is 28.9. The predicted molar refractivity (Wildman–Crippen MR) is 165 cm³/mol. The van der Waals surface area contributed by atoms with Crippen LogP contribution in [-0.4, -0.2) is 64.7 Å². The van der Waals surface area contributed by atoms with Gasteiger partial charge in [-0.3, -0.25) is 14.4 Å². The van der Waals surface area contributed by atoms with Gasteiger partial charge in [-0.05, 0) is 107 Å². The summed E-state index contributed by atoms with van der Waals surface area (Å²) < 4.78 is 13.3. The standard InChI is InChI=1S/C34H38FN5O3/c1-20-30(36-22(3)31(20)34(43)40-16-6-7-26(40)19-39-14-4-5-15-39)18-28-27-17-24(10-13-29(27)38-33(28)42)32(41)37-21(2)23-8-11-25(35)12-9-23/h8-13,17-18,21,26,36H,4-7,14-16,19H2,1-3H3,(H,37,41)(H,38,42)/b28-18-/t21-,26+/m0/s1. The van der Waals surface area contributed by atoms with Crippen LogP contribution in [0.5, 0.6) is 0 Å². The average Bonchev–Trinajstić information content (AvgIpc) is 3.78. The smallest absolute Gasteiger partial charge is 0.256 e. The first-order valence-electron chi connectivity index (χ1n) is 15.2. The van der Waals surface area contributed by atoms with E-state index in [-0.39, 0.29) is 35.6 Å². The second kappa shape index (κ2) is 11.8. The van der Waals surface area contributed by atoms with Gasteiger partial charge in [0.2, 0.25) is 0 Å². The fourth-order valence-corrected chi connectivity index (χ4v) is 6.67. The van der Waals surface area contributed by atoms with Gasteiger partial charge in [-0.2, -0.15) is 0 Å². The van der Waals surface area contributed by atoms with Gasteiger partial charge < -0.3 is 25.4 Å². The van der Waals surface area contributed by atoms with E-state index in [2.05, 4.69) is 20.5 Å². The Morgan fingerprint density at radius 2 is 1.81 bits per heavy atom. The minimum Gasteiger partial charge on any atom is -0.358 e. The highest BCUT2D eigenvalue weighted by Gasteiger charge is 2.34. The molecule has 3 aliphatic rings. The number of carbonyl (C=O) groups is 3. The molecule has 2 atom stereocenters. The molecule has 0 unspecified atom stereocenters. The largest absolute Gasteiger partial charge is 0.358 e. The van der Waals surface area contributed by atoms with Crippen LogP contribution in [0, 0.1) is 19.7 Å². The molecular formula is C34H38FN5O3. The van der Waals surface area contributed by atoms with Crippen LogP contribution in [0.2, 0.25) is 0 Å². The number of H-pyrrole nitrogens is 1. The van der Waals surface area contributed by atoms with E-state index in [1.807, 2.05) is 25.7 Å². The summed E-state index contributed by atoms with van der Waals surface area (Å²) in [5.74, 6) is -0.855. The van der Waals surface area contributed by atoms with Gasteiger partial charge in [0.05, 0.1) is 17.2 Å². The molecule has 0 spiro atoms. The number of nitrogens with zero attached hydrogens (tertiary/aromatic N) is 2. The highest BCUT2D eigenvalue weighted by Crippen LogP contribution is 2.35. The lowest BCUT2D eigenvalue weighted by Crippen LogP contribution is -2.42. The van der Waals surface area contributed by atoms with Crippen LogP contribution in [0.25, 0.3) is 11.6 Å². The average molecular weight is 584 g/mol. The summed E-state index contributed by atoms with van der Waals surface area (Å²) in [7, 11) is 0. The van der Waals surface area contributed by atoms with Crippen molar-refractivity contribution in [3.8, 4) is 0 Å². The van der Waals surface area contributed by atoms with Gasteiger partial charge in [0.1, 0.15) is 5.82 Å². The fraction of sp³-hybridized carbons (Fsp3) is 0.382. The Labute approximate surface area is 251 Å². The summed E-state index contributed by atoms with van der Waals surface area (Å²) in [4.78, 5) is 47.9. The molecule has 0 aliphatic carbocycles. The normalized spacial score (nSPS) is 20.0. The molecule has 3 amide bonds. The lowest BCUT2D eigenvalue weighted by molar-refractivity contribution is -0.110. The topological polar surface area (TPSA) is 97.5 Å². The van der Waals surface area contributed by atoms with Crippen molar-refractivity contribution in [2.24, 2.45) is 0 Å². The van der Waals surface area contributed by atoms with E-state index in [0.717, 1.165) is 55.8 Å². The molecule has 3 aliphatic heterocycles. The van der Waals surface area contributed by atoms with Gasteiger partial charge in [0.25, 0.3) is 17.7 Å². The quantitative estimate of drug-likeness (QED) is 0.322. The summed E-state index contributed by atoms with van der Waals surface area (Å²) in [6, 6.07) is 11.0. The van der Waals surface area contributed by atoms with E-state index < -0.39 is 0 Å². The molecule has 0 radical (unpaired) electrons.